The highest BCUT2D eigenvalue weighted by Crippen LogP contribution is 2.42. The average Bonchev–Trinajstić information content (AvgIpc) is 2.94. The lowest BCUT2D eigenvalue weighted by molar-refractivity contribution is -0.137. The van der Waals surface area contributed by atoms with E-state index in [0.29, 0.717) is 16.1 Å². The molecule has 6 heteroatoms. The summed E-state index contributed by atoms with van der Waals surface area (Å²) in [4.78, 5) is 0. The van der Waals surface area contributed by atoms with Gasteiger partial charge in [-0.1, -0.05) is 39.7 Å². The Morgan fingerprint density at radius 2 is 1.43 bits per heavy atom. The van der Waals surface area contributed by atoms with Crippen molar-refractivity contribution in [3.63, 3.8) is 0 Å². The van der Waals surface area contributed by atoms with Crippen LogP contribution in [0.15, 0.2) is 63.5 Å². The number of furan rings is 1. The second-order valence-electron chi connectivity index (χ2n) is 4.86. The maximum absolute atomic E-state index is 13.3. The van der Waals surface area contributed by atoms with Gasteiger partial charge in [0.25, 0.3) is 0 Å². The molecule has 0 radical (unpaired) electrons. The second kappa shape index (κ2) is 6.06. The first-order valence-corrected chi connectivity index (χ1v) is 7.74. The summed E-state index contributed by atoms with van der Waals surface area (Å²) in [7, 11) is 0. The number of alkyl halides is 3. The number of benzene rings is 2. The first-order chi connectivity index (χ1) is 10.8. The van der Waals surface area contributed by atoms with Crippen LogP contribution in [0.1, 0.15) is 5.56 Å². The van der Waals surface area contributed by atoms with E-state index >= 15 is 0 Å². The minimum Gasteiger partial charge on any atom is -0.455 e. The number of hydrogen-bond acceptors (Lipinski definition) is 1. The largest absolute Gasteiger partial charge is 0.455 e. The summed E-state index contributed by atoms with van der Waals surface area (Å²) in [5.41, 5.74) is 0.0915. The standard InChI is InChI=1S/C17H9BrClF3O/c18-12-5-1-11(2-6-12)16-14(17(20,21)22)9-15(23-16)10-3-7-13(19)8-4-10/h1-9H. The Morgan fingerprint density at radius 3 is 2.00 bits per heavy atom. The second-order valence-corrected chi connectivity index (χ2v) is 6.22. The zero-order chi connectivity index (χ0) is 16.6. The molecular weight excluding hydrogens is 393 g/mol. The summed E-state index contributed by atoms with van der Waals surface area (Å²) in [5, 5.41) is 0.504. The summed E-state index contributed by atoms with van der Waals surface area (Å²) >= 11 is 9.06. The number of halogens is 5. The molecule has 1 nitrogen and oxygen atoms in total. The number of hydrogen-bond donors (Lipinski definition) is 0. The van der Waals surface area contributed by atoms with Crippen molar-refractivity contribution in [2.75, 3.05) is 0 Å². The zero-order valence-corrected chi connectivity index (χ0v) is 13.8. The molecule has 0 amide bonds. The smallest absolute Gasteiger partial charge is 0.420 e. The van der Waals surface area contributed by atoms with Gasteiger partial charge in [0.2, 0.25) is 0 Å². The zero-order valence-electron chi connectivity index (χ0n) is 11.5. The van der Waals surface area contributed by atoms with Crippen molar-refractivity contribution in [1.82, 2.24) is 0 Å². The Hall–Kier alpha value is -1.72. The van der Waals surface area contributed by atoms with Gasteiger partial charge in [-0.05, 0) is 42.5 Å². The molecule has 0 unspecified atom stereocenters. The van der Waals surface area contributed by atoms with Crippen LogP contribution in [0.2, 0.25) is 5.02 Å². The fourth-order valence-corrected chi connectivity index (χ4v) is 2.56. The van der Waals surface area contributed by atoms with Crippen LogP contribution in [0.25, 0.3) is 22.6 Å². The molecule has 1 aromatic heterocycles. The summed E-state index contributed by atoms with van der Waals surface area (Å²) in [6.45, 7) is 0. The van der Waals surface area contributed by atoms with E-state index in [2.05, 4.69) is 15.9 Å². The third-order valence-electron chi connectivity index (χ3n) is 3.27. The van der Waals surface area contributed by atoms with Gasteiger partial charge < -0.3 is 4.42 Å². The monoisotopic (exact) mass is 400 g/mol. The number of rotatable bonds is 2. The van der Waals surface area contributed by atoms with Crippen LogP contribution in [0, 0.1) is 0 Å². The fraction of sp³-hybridized carbons (Fsp3) is 0.0588. The highest BCUT2D eigenvalue weighted by molar-refractivity contribution is 9.10. The van der Waals surface area contributed by atoms with E-state index in [4.69, 9.17) is 16.0 Å². The van der Waals surface area contributed by atoms with Crippen LogP contribution in [0.3, 0.4) is 0 Å². The van der Waals surface area contributed by atoms with E-state index in [-0.39, 0.29) is 11.5 Å². The molecule has 0 spiro atoms. The Balaban J connectivity index is 2.14. The Labute approximate surface area is 143 Å². The van der Waals surface area contributed by atoms with Crippen LogP contribution in [0.5, 0.6) is 0 Å². The van der Waals surface area contributed by atoms with Crippen molar-refractivity contribution < 1.29 is 17.6 Å². The van der Waals surface area contributed by atoms with Gasteiger partial charge in [-0.2, -0.15) is 13.2 Å². The third-order valence-corrected chi connectivity index (χ3v) is 4.05. The molecule has 0 N–H and O–H groups in total. The molecule has 3 rings (SSSR count). The van der Waals surface area contributed by atoms with Crippen LogP contribution in [-0.4, -0.2) is 0 Å². The van der Waals surface area contributed by atoms with Gasteiger partial charge >= 0.3 is 6.18 Å². The van der Waals surface area contributed by atoms with Crippen molar-refractivity contribution >= 4 is 27.5 Å². The average molecular weight is 402 g/mol. The topological polar surface area (TPSA) is 13.1 Å². The molecule has 2 aromatic carbocycles. The van der Waals surface area contributed by atoms with E-state index in [1.165, 1.54) is 0 Å². The third kappa shape index (κ3) is 3.46. The van der Waals surface area contributed by atoms with Crippen molar-refractivity contribution in [3.8, 4) is 22.6 Å². The first kappa shape index (κ1) is 16.1. The van der Waals surface area contributed by atoms with Gasteiger partial charge in [0.1, 0.15) is 17.1 Å². The van der Waals surface area contributed by atoms with Gasteiger partial charge in [-0.15, -0.1) is 0 Å². The highest BCUT2D eigenvalue weighted by atomic mass is 79.9. The molecule has 0 fully saturated rings. The predicted octanol–water partition coefficient (Wildman–Crippen LogP) is 7.05. The van der Waals surface area contributed by atoms with E-state index < -0.39 is 11.7 Å². The fourth-order valence-electron chi connectivity index (χ4n) is 2.17. The van der Waals surface area contributed by atoms with Gasteiger partial charge in [-0.25, -0.2) is 0 Å². The SMILES string of the molecule is FC(F)(F)c1cc(-c2ccc(Cl)cc2)oc1-c1ccc(Br)cc1. The first-order valence-electron chi connectivity index (χ1n) is 6.57. The van der Waals surface area contributed by atoms with Crippen LogP contribution in [0.4, 0.5) is 13.2 Å². The van der Waals surface area contributed by atoms with Gasteiger partial charge in [-0.3, -0.25) is 0 Å². The molecule has 0 saturated heterocycles. The maximum Gasteiger partial charge on any atom is 0.420 e. The van der Waals surface area contributed by atoms with Gasteiger partial charge in [0.05, 0.1) is 0 Å². The Bertz CT molecular complexity index is 821. The minimum atomic E-state index is -4.50. The summed E-state index contributed by atoms with van der Waals surface area (Å²) in [6.07, 6.45) is -4.50. The van der Waals surface area contributed by atoms with E-state index in [1.807, 2.05) is 0 Å². The lowest BCUT2D eigenvalue weighted by Crippen LogP contribution is -2.04. The van der Waals surface area contributed by atoms with E-state index in [0.717, 1.165) is 10.5 Å². The summed E-state index contributed by atoms with van der Waals surface area (Å²) in [6, 6.07) is 13.9. The van der Waals surface area contributed by atoms with E-state index in [9.17, 15) is 13.2 Å². The molecule has 0 aliphatic heterocycles. The Morgan fingerprint density at radius 1 is 0.870 bits per heavy atom. The quantitative estimate of drug-likeness (QED) is 0.448. The molecule has 0 aliphatic carbocycles. The molecular formula is C17H9BrClF3O. The van der Waals surface area contributed by atoms with Crippen LogP contribution in [-0.2, 0) is 6.18 Å². The van der Waals surface area contributed by atoms with Crippen molar-refractivity contribution in [1.29, 1.82) is 0 Å². The molecule has 1 heterocycles. The van der Waals surface area contributed by atoms with Crippen LogP contribution >= 0.6 is 27.5 Å². The summed E-state index contributed by atoms with van der Waals surface area (Å²) in [5.74, 6) is -0.0538. The lowest BCUT2D eigenvalue weighted by Gasteiger charge is -2.06. The molecule has 0 aliphatic rings. The molecule has 3 aromatic rings. The Kier molecular flexibility index (Phi) is 4.25. The van der Waals surface area contributed by atoms with Gasteiger partial charge in [0, 0.05) is 20.6 Å². The lowest BCUT2D eigenvalue weighted by atomic mass is 10.1. The molecule has 0 saturated carbocycles. The van der Waals surface area contributed by atoms with Gasteiger partial charge in [0.15, 0.2) is 0 Å². The van der Waals surface area contributed by atoms with E-state index in [1.54, 1.807) is 48.5 Å². The highest BCUT2D eigenvalue weighted by Gasteiger charge is 2.37. The maximum atomic E-state index is 13.3. The predicted molar refractivity (Wildman–Crippen MR) is 87.3 cm³/mol. The molecule has 0 atom stereocenters. The van der Waals surface area contributed by atoms with Crippen LogP contribution < -0.4 is 0 Å². The summed E-state index contributed by atoms with van der Waals surface area (Å²) < 4.78 is 46.2. The molecule has 118 valence electrons. The van der Waals surface area contributed by atoms with Crippen molar-refractivity contribution in [2.24, 2.45) is 0 Å². The van der Waals surface area contributed by atoms with Crippen molar-refractivity contribution in [3.05, 3.63) is 69.7 Å². The normalized spacial score (nSPS) is 11.7. The van der Waals surface area contributed by atoms with Crippen molar-refractivity contribution in [2.45, 2.75) is 6.18 Å². The molecule has 23 heavy (non-hydrogen) atoms. The molecule has 0 bridgehead atoms. The minimum absolute atomic E-state index is 0.145.